The van der Waals surface area contributed by atoms with Gasteiger partial charge in [0.15, 0.2) is 0 Å². The molecule has 6 nitrogen and oxygen atoms in total. The highest BCUT2D eigenvalue weighted by Crippen LogP contribution is 2.27. The monoisotopic (exact) mass is 336 g/mol. The van der Waals surface area contributed by atoms with Crippen molar-refractivity contribution in [1.82, 2.24) is 5.32 Å². The van der Waals surface area contributed by atoms with Gasteiger partial charge in [0.2, 0.25) is 11.8 Å². The van der Waals surface area contributed by atoms with E-state index in [0.29, 0.717) is 11.3 Å². The molecule has 1 aromatic rings. The molecule has 2 rings (SSSR count). The first-order valence-corrected chi connectivity index (χ1v) is 7.80. The molecule has 0 spiro atoms. The molecule has 2 N–H and O–H groups in total. The average molecular weight is 336 g/mol. The Balaban J connectivity index is 2.13. The smallest absolute Gasteiger partial charge is 0.329 e. The summed E-state index contributed by atoms with van der Waals surface area (Å²) < 4.78 is 13.4. The second-order valence-electron chi connectivity index (χ2n) is 6.32. The number of carboxylic acid groups (broad SMARTS) is 1. The number of nitrogens with one attached hydrogen (secondary N) is 1. The number of carboxylic acids is 1. The SMILES string of the molecule is CCC(C)(NC(=O)C1CC(=O)N(c2ccc(F)c(C)c2)C1)C(=O)O. The molecule has 1 saturated heterocycles. The summed E-state index contributed by atoms with van der Waals surface area (Å²) in [5.74, 6) is -2.81. The minimum atomic E-state index is -1.36. The molecule has 1 heterocycles. The second kappa shape index (κ2) is 6.59. The van der Waals surface area contributed by atoms with Gasteiger partial charge in [-0.25, -0.2) is 9.18 Å². The van der Waals surface area contributed by atoms with Crippen molar-refractivity contribution >= 4 is 23.5 Å². The highest BCUT2D eigenvalue weighted by atomic mass is 19.1. The minimum absolute atomic E-state index is 0.00166. The maximum absolute atomic E-state index is 13.4. The van der Waals surface area contributed by atoms with Crippen LogP contribution in [0, 0.1) is 18.7 Å². The van der Waals surface area contributed by atoms with Crippen molar-refractivity contribution in [2.45, 2.75) is 39.2 Å². The molecule has 0 bridgehead atoms. The van der Waals surface area contributed by atoms with Gasteiger partial charge in [-0.05, 0) is 44.0 Å². The van der Waals surface area contributed by atoms with Gasteiger partial charge in [-0.15, -0.1) is 0 Å². The third-order valence-corrected chi connectivity index (χ3v) is 4.53. The molecule has 0 aliphatic carbocycles. The maximum Gasteiger partial charge on any atom is 0.329 e. The number of halogens is 1. The lowest BCUT2D eigenvalue weighted by Gasteiger charge is -2.26. The van der Waals surface area contributed by atoms with Crippen LogP contribution >= 0.6 is 0 Å². The van der Waals surface area contributed by atoms with Gasteiger partial charge in [-0.1, -0.05) is 6.92 Å². The molecule has 1 aliphatic heterocycles. The molecule has 2 atom stereocenters. The number of carbonyl (C=O) groups is 3. The lowest BCUT2D eigenvalue weighted by atomic mass is 9.97. The summed E-state index contributed by atoms with van der Waals surface area (Å²) in [5.41, 5.74) is -0.414. The topological polar surface area (TPSA) is 86.7 Å². The Morgan fingerprint density at radius 3 is 2.67 bits per heavy atom. The first-order chi connectivity index (χ1) is 11.2. The van der Waals surface area contributed by atoms with Crippen LogP contribution < -0.4 is 10.2 Å². The first-order valence-electron chi connectivity index (χ1n) is 7.80. The predicted molar refractivity (Wildman–Crippen MR) is 86.1 cm³/mol. The number of nitrogens with zero attached hydrogens (tertiary/aromatic N) is 1. The van der Waals surface area contributed by atoms with Crippen molar-refractivity contribution < 1.29 is 23.9 Å². The zero-order valence-electron chi connectivity index (χ0n) is 13.9. The van der Waals surface area contributed by atoms with E-state index >= 15 is 0 Å². The van der Waals surface area contributed by atoms with Gasteiger partial charge in [-0.3, -0.25) is 9.59 Å². The average Bonchev–Trinajstić information content (AvgIpc) is 2.91. The maximum atomic E-state index is 13.4. The zero-order valence-corrected chi connectivity index (χ0v) is 13.9. The van der Waals surface area contributed by atoms with Crippen LogP contribution in [0.1, 0.15) is 32.3 Å². The standard InChI is InChI=1S/C17H21FN2O4/c1-4-17(3,16(23)24)19-15(22)11-8-14(21)20(9-11)12-5-6-13(18)10(2)7-12/h5-7,11H,4,8-9H2,1-3H3,(H,19,22)(H,23,24). The van der Waals surface area contributed by atoms with E-state index in [0.717, 1.165) is 0 Å². The normalized spacial score (nSPS) is 19.9. The van der Waals surface area contributed by atoms with Crippen LogP contribution in [0.25, 0.3) is 0 Å². The van der Waals surface area contributed by atoms with Gasteiger partial charge in [0.05, 0.1) is 5.92 Å². The van der Waals surface area contributed by atoms with E-state index < -0.39 is 23.3 Å². The number of aliphatic carboxylic acids is 1. The number of hydrogen-bond acceptors (Lipinski definition) is 3. The molecule has 0 aromatic heterocycles. The molecular weight excluding hydrogens is 315 g/mol. The molecule has 130 valence electrons. The van der Waals surface area contributed by atoms with Gasteiger partial charge in [-0.2, -0.15) is 0 Å². The van der Waals surface area contributed by atoms with Crippen LogP contribution in [0.15, 0.2) is 18.2 Å². The summed E-state index contributed by atoms with van der Waals surface area (Å²) in [4.78, 5) is 37.3. The van der Waals surface area contributed by atoms with Gasteiger partial charge in [0, 0.05) is 18.7 Å². The summed E-state index contributed by atoms with van der Waals surface area (Å²) in [7, 11) is 0. The third-order valence-electron chi connectivity index (χ3n) is 4.53. The summed E-state index contributed by atoms with van der Waals surface area (Å²) >= 11 is 0. The second-order valence-corrected chi connectivity index (χ2v) is 6.32. The molecule has 2 unspecified atom stereocenters. The molecule has 7 heteroatoms. The molecule has 1 aromatic carbocycles. The Bertz CT molecular complexity index is 691. The number of aryl methyl sites for hydroxylation is 1. The number of hydrogen-bond donors (Lipinski definition) is 2. The highest BCUT2D eigenvalue weighted by molar-refractivity contribution is 6.01. The van der Waals surface area contributed by atoms with Gasteiger partial charge in [0.25, 0.3) is 0 Å². The van der Waals surface area contributed by atoms with Crippen LogP contribution in [0.2, 0.25) is 0 Å². The van der Waals surface area contributed by atoms with Crippen molar-refractivity contribution in [2.75, 3.05) is 11.4 Å². The number of benzene rings is 1. The third kappa shape index (κ3) is 3.39. The fraction of sp³-hybridized carbons (Fsp3) is 0.471. The van der Waals surface area contributed by atoms with E-state index in [4.69, 9.17) is 0 Å². The van der Waals surface area contributed by atoms with E-state index in [9.17, 15) is 23.9 Å². The Morgan fingerprint density at radius 2 is 2.12 bits per heavy atom. The Kier molecular flexibility index (Phi) is 4.91. The summed E-state index contributed by atoms with van der Waals surface area (Å²) in [6.45, 7) is 4.85. The Morgan fingerprint density at radius 1 is 1.46 bits per heavy atom. The van der Waals surface area contributed by atoms with E-state index in [1.165, 1.54) is 24.0 Å². The molecule has 0 saturated carbocycles. The van der Waals surface area contributed by atoms with E-state index in [1.54, 1.807) is 19.9 Å². The van der Waals surface area contributed by atoms with Crippen LogP contribution in [0.3, 0.4) is 0 Å². The predicted octanol–water partition coefficient (Wildman–Crippen LogP) is 1.86. The number of carbonyl (C=O) groups excluding carboxylic acids is 2. The Labute approximate surface area is 139 Å². The van der Waals surface area contributed by atoms with Crippen molar-refractivity contribution in [3.8, 4) is 0 Å². The molecule has 1 aliphatic rings. The van der Waals surface area contributed by atoms with E-state index in [-0.39, 0.29) is 31.1 Å². The molecule has 1 fully saturated rings. The number of anilines is 1. The van der Waals surface area contributed by atoms with E-state index in [2.05, 4.69) is 5.32 Å². The molecular formula is C17H21FN2O4. The van der Waals surface area contributed by atoms with Crippen molar-refractivity contribution in [2.24, 2.45) is 5.92 Å². The number of amides is 2. The fourth-order valence-corrected chi connectivity index (χ4v) is 2.60. The molecule has 24 heavy (non-hydrogen) atoms. The largest absolute Gasteiger partial charge is 0.480 e. The van der Waals surface area contributed by atoms with E-state index in [1.807, 2.05) is 0 Å². The van der Waals surface area contributed by atoms with Crippen LogP contribution in [0.5, 0.6) is 0 Å². The van der Waals surface area contributed by atoms with Gasteiger partial charge >= 0.3 is 5.97 Å². The highest BCUT2D eigenvalue weighted by Gasteiger charge is 2.40. The molecule has 0 radical (unpaired) electrons. The fourth-order valence-electron chi connectivity index (χ4n) is 2.60. The van der Waals surface area contributed by atoms with Gasteiger partial charge in [0.1, 0.15) is 11.4 Å². The lowest BCUT2D eigenvalue weighted by Crippen LogP contribution is -2.53. The van der Waals surface area contributed by atoms with Gasteiger partial charge < -0.3 is 15.3 Å². The zero-order chi connectivity index (χ0) is 18.1. The number of rotatable bonds is 5. The quantitative estimate of drug-likeness (QED) is 0.859. The van der Waals surface area contributed by atoms with Crippen LogP contribution in [-0.2, 0) is 14.4 Å². The Hall–Kier alpha value is -2.44. The lowest BCUT2D eigenvalue weighted by molar-refractivity contribution is -0.147. The van der Waals surface area contributed by atoms with Crippen LogP contribution in [0.4, 0.5) is 10.1 Å². The van der Waals surface area contributed by atoms with Crippen molar-refractivity contribution in [3.63, 3.8) is 0 Å². The van der Waals surface area contributed by atoms with Crippen molar-refractivity contribution in [3.05, 3.63) is 29.6 Å². The van der Waals surface area contributed by atoms with Crippen LogP contribution in [-0.4, -0.2) is 35.0 Å². The van der Waals surface area contributed by atoms with Crippen molar-refractivity contribution in [1.29, 1.82) is 0 Å². The summed E-state index contributed by atoms with van der Waals surface area (Å²) in [6, 6.07) is 4.33. The summed E-state index contributed by atoms with van der Waals surface area (Å²) in [6.07, 6.45) is 0.233. The minimum Gasteiger partial charge on any atom is -0.480 e. The molecule has 2 amide bonds. The first kappa shape index (κ1) is 17.9. The summed E-state index contributed by atoms with van der Waals surface area (Å²) in [5, 5.41) is 11.8.